The van der Waals surface area contributed by atoms with E-state index in [0.717, 1.165) is 29.2 Å². The van der Waals surface area contributed by atoms with Gasteiger partial charge in [0.05, 0.1) is 32.8 Å². The highest BCUT2D eigenvalue weighted by Gasteiger charge is 2.39. The monoisotopic (exact) mass is 592 g/mol. The lowest BCUT2D eigenvalue weighted by Crippen LogP contribution is -2.29. The molecular formula is C31H41FN8O3. The number of carbonyl (C=O) groups excluding carboxylic acids is 1. The van der Waals surface area contributed by atoms with Crippen molar-refractivity contribution in [2.75, 3.05) is 55.5 Å². The molecule has 230 valence electrons. The number of hydrogen-bond acceptors (Lipinski definition) is 10. The van der Waals surface area contributed by atoms with Crippen molar-refractivity contribution >= 4 is 29.4 Å². The van der Waals surface area contributed by atoms with Crippen molar-refractivity contribution < 1.29 is 18.7 Å². The van der Waals surface area contributed by atoms with Crippen LogP contribution >= 0.6 is 0 Å². The second-order valence-corrected chi connectivity index (χ2v) is 11.1. The molecule has 2 aliphatic rings. The third-order valence-electron chi connectivity index (χ3n) is 7.83. The zero-order chi connectivity index (χ0) is 29.9. The number of fused-ring (bicyclic) bond motifs is 2. The summed E-state index contributed by atoms with van der Waals surface area (Å²) in [6, 6.07) is 14.3. The first kappa shape index (κ1) is 30.6. The van der Waals surface area contributed by atoms with Gasteiger partial charge in [0.15, 0.2) is 0 Å². The number of halogens is 1. The first-order valence-corrected chi connectivity index (χ1v) is 15.0. The van der Waals surface area contributed by atoms with Crippen LogP contribution in [-0.4, -0.2) is 66.4 Å². The maximum Gasteiger partial charge on any atom is 0.233 e. The molecular weight excluding hydrogens is 551 g/mol. The molecule has 3 unspecified atom stereocenters. The van der Waals surface area contributed by atoms with Gasteiger partial charge in [-0.25, -0.2) is 4.39 Å². The summed E-state index contributed by atoms with van der Waals surface area (Å²) < 4.78 is 24.0. The molecule has 2 bridgehead atoms. The Morgan fingerprint density at radius 3 is 2.30 bits per heavy atom. The summed E-state index contributed by atoms with van der Waals surface area (Å²) in [4.78, 5) is 26.2. The average Bonchev–Trinajstić information content (AvgIpc) is 3.63. The molecule has 0 spiro atoms. The van der Waals surface area contributed by atoms with Gasteiger partial charge in [0.2, 0.25) is 23.8 Å². The molecule has 0 aliphatic heterocycles. The number of nitrogens with one attached hydrogen (secondary N) is 4. The minimum atomic E-state index is -0.273. The van der Waals surface area contributed by atoms with E-state index < -0.39 is 0 Å². The van der Waals surface area contributed by atoms with Crippen LogP contribution in [0.1, 0.15) is 36.8 Å². The van der Waals surface area contributed by atoms with Crippen LogP contribution in [0.3, 0.4) is 0 Å². The summed E-state index contributed by atoms with van der Waals surface area (Å²) in [6.45, 7) is 3.27. The molecule has 5 rings (SSSR count). The number of rotatable bonds is 17. The fourth-order valence-corrected chi connectivity index (χ4v) is 5.70. The highest BCUT2D eigenvalue weighted by molar-refractivity contribution is 5.78. The Balaban J connectivity index is 1.15. The average molecular weight is 593 g/mol. The summed E-state index contributed by atoms with van der Waals surface area (Å²) >= 11 is 0. The molecule has 12 heteroatoms. The first-order chi connectivity index (χ1) is 21.0. The number of nitrogens with zero attached hydrogens (tertiary/aromatic N) is 3. The fraction of sp³-hybridized carbons (Fsp3) is 0.484. The number of hydrogen-bond donors (Lipinski definition) is 5. The predicted octanol–water partition coefficient (Wildman–Crippen LogP) is 3.62. The van der Waals surface area contributed by atoms with Crippen LogP contribution in [0.2, 0.25) is 0 Å². The maximum absolute atomic E-state index is 13.3. The third kappa shape index (κ3) is 9.57. The van der Waals surface area contributed by atoms with Crippen LogP contribution in [0, 0.1) is 17.7 Å². The van der Waals surface area contributed by atoms with E-state index in [-0.39, 0.29) is 18.1 Å². The number of anilines is 4. The van der Waals surface area contributed by atoms with Crippen molar-refractivity contribution in [1.82, 2.24) is 20.3 Å². The molecule has 11 nitrogen and oxygen atoms in total. The highest BCUT2D eigenvalue weighted by atomic mass is 19.1. The fourth-order valence-electron chi connectivity index (χ4n) is 5.70. The van der Waals surface area contributed by atoms with Crippen LogP contribution in [0.15, 0.2) is 48.5 Å². The molecule has 2 aromatic carbocycles. The van der Waals surface area contributed by atoms with Crippen LogP contribution < -0.4 is 27.0 Å². The second kappa shape index (κ2) is 15.6. The van der Waals surface area contributed by atoms with E-state index in [2.05, 4.69) is 36.2 Å². The number of ether oxygens (including phenoxy) is 2. The topological polar surface area (TPSA) is 148 Å². The van der Waals surface area contributed by atoms with Gasteiger partial charge in [-0.15, -0.1) is 0 Å². The molecule has 1 aromatic heterocycles. The van der Waals surface area contributed by atoms with Gasteiger partial charge in [0, 0.05) is 31.4 Å². The van der Waals surface area contributed by atoms with Gasteiger partial charge in [-0.3, -0.25) is 4.79 Å². The van der Waals surface area contributed by atoms with E-state index in [4.69, 9.17) is 15.2 Å². The Hall–Kier alpha value is -3.87. The Bertz CT molecular complexity index is 1310. The van der Waals surface area contributed by atoms with Gasteiger partial charge in [0.25, 0.3) is 0 Å². The van der Waals surface area contributed by atoms with Crippen molar-refractivity contribution in [2.24, 2.45) is 17.6 Å². The van der Waals surface area contributed by atoms with E-state index in [1.54, 1.807) is 12.1 Å². The molecule has 6 N–H and O–H groups in total. The lowest BCUT2D eigenvalue weighted by atomic mass is 9.95. The van der Waals surface area contributed by atoms with Gasteiger partial charge >= 0.3 is 0 Å². The van der Waals surface area contributed by atoms with E-state index >= 15 is 0 Å². The van der Waals surface area contributed by atoms with Gasteiger partial charge in [0.1, 0.15) is 5.82 Å². The van der Waals surface area contributed by atoms with Gasteiger partial charge in [-0.05, 0) is 66.5 Å². The van der Waals surface area contributed by atoms with Crippen LogP contribution in [-0.2, 0) is 27.2 Å². The van der Waals surface area contributed by atoms with E-state index in [9.17, 15) is 9.18 Å². The molecule has 2 aliphatic carbocycles. The van der Waals surface area contributed by atoms with E-state index in [1.807, 2.05) is 24.3 Å². The number of benzene rings is 2. The Kier molecular flexibility index (Phi) is 11.1. The predicted molar refractivity (Wildman–Crippen MR) is 164 cm³/mol. The molecule has 2 fully saturated rings. The van der Waals surface area contributed by atoms with Crippen LogP contribution in [0.5, 0.6) is 0 Å². The van der Waals surface area contributed by atoms with Crippen molar-refractivity contribution in [3.8, 4) is 0 Å². The Labute approximate surface area is 251 Å². The van der Waals surface area contributed by atoms with Gasteiger partial charge in [-0.2, -0.15) is 15.0 Å². The number of nitrogens with two attached hydrogens (primary N) is 1. The lowest BCUT2D eigenvalue weighted by molar-refractivity contribution is -0.120. The molecule has 2 saturated carbocycles. The summed E-state index contributed by atoms with van der Waals surface area (Å²) in [5.74, 6) is 2.45. The summed E-state index contributed by atoms with van der Waals surface area (Å²) in [6.07, 6.45) is 5.24. The summed E-state index contributed by atoms with van der Waals surface area (Å²) in [7, 11) is 0. The minimum Gasteiger partial charge on any atom is -0.378 e. The molecule has 43 heavy (non-hydrogen) atoms. The quantitative estimate of drug-likeness (QED) is 0.147. The molecule has 3 aromatic rings. The van der Waals surface area contributed by atoms with E-state index in [1.165, 1.54) is 31.4 Å². The normalized spacial score (nSPS) is 18.9. The number of aromatic nitrogens is 3. The molecule has 0 saturated heterocycles. The smallest absolute Gasteiger partial charge is 0.233 e. The lowest BCUT2D eigenvalue weighted by Gasteiger charge is -2.23. The molecule has 1 heterocycles. The second-order valence-electron chi connectivity index (χ2n) is 11.1. The summed E-state index contributed by atoms with van der Waals surface area (Å²) in [5.41, 5.74) is 7.96. The Morgan fingerprint density at radius 1 is 0.860 bits per heavy atom. The molecule has 1 amide bonds. The van der Waals surface area contributed by atoms with Crippen molar-refractivity contribution in [3.63, 3.8) is 0 Å². The first-order valence-electron chi connectivity index (χ1n) is 15.0. The standard InChI is InChI=1S/C31H41FN8O3/c32-25-7-2-22(3-8-25)20-35-29-38-30(40-31(39-29)37-27-18-23-1-6-24(27)17-23)36-26-9-4-21(5-10-26)19-28(41)34-12-14-43-16-15-42-13-11-33/h2-5,7-10,23-24,27H,1,6,11-20,33H2,(H,34,41)(H3,35,36,37,38,39,40). The molecule has 0 radical (unpaired) electrons. The zero-order valence-corrected chi connectivity index (χ0v) is 24.4. The number of amides is 1. The zero-order valence-electron chi connectivity index (χ0n) is 24.4. The maximum atomic E-state index is 13.3. The van der Waals surface area contributed by atoms with Gasteiger partial charge < -0.3 is 36.5 Å². The third-order valence-corrected chi connectivity index (χ3v) is 7.83. The van der Waals surface area contributed by atoms with Crippen LogP contribution in [0.25, 0.3) is 0 Å². The Morgan fingerprint density at radius 2 is 1.58 bits per heavy atom. The van der Waals surface area contributed by atoms with Crippen LogP contribution in [0.4, 0.5) is 27.9 Å². The molecule has 3 atom stereocenters. The minimum absolute atomic E-state index is 0.0747. The van der Waals surface area contributed by atoms with Crippen molar-refractivity contribution in [3.05, 3.63) is 65.5 Å². The largest absolute Gasteiger partial charge is 0.378 e. The highest BCUT2D eigenvalue weighted by Crippen LogP contribution is 2.45. The van der Waals surface area contributed by atoms with Gasteiger partial charge in [-0.1, -0.05) is 30.7 Å². The number of carbonyl (C=O) groups is 1. The van der Waals surface area contributed by atoms with Crippen molar-refractivity contribution in [1.29, 1.82) is 0 Å². The van der Waals surface area contributed by atoms with Crippen molar-refractivity contribution in [2.45, 2.75) is 44.7 Å². The van der Waals surface area contributed by atoms with E-state index in [0.29, 0.717) is 75.9 Å². The SMILES string of the molecule is NCCOCCOCCNC(=O)Cc1ccc(Nc2nc(NCc3ccc(F)cc3)nc(NC3CC4CCC3C4)n2)cc1. The summed E-state index contributed by atoms with van der Waals surface area (Å²) in [5, 5.41) is 12.9.